The van der Waals surface area contributed by atoms with E-state index in [-0.39, 0.29) is 4.91 Å². The van der Waals surface area contributed by atoms with Gasteiger partial charge < -0.3 is 14.6 Å². The first-order valence-corrected chi connectivity index (χ1v) is 9.09. The molecule has 0 aliphatic carbocycles. The first-order chi connectivity index (χ1) is 11.5. The second kappa shape index (κ2) is 8.89. The summed E-state index contributed by atoms with van der Waals surface area (Å²) < 4.78 is 6.19. The molecule has 1 N–H and O–H groups in total. The Morgan fingerprint density at radius 1 is 1.46 bits per heavy atom. The number of thioether (sulfide) groups is 1. The maximum absolute atomic E-state index is 11.4. The summed E-state index contributed by atoms with van der Waals surface area (Å²) in [6, 6.07) is 5.35. The number of hydrogen-bond donors (Lipinski definition) is 1. The van der Waals surface area contributed by atoms with Crippen LogP contribution in [0, 0.1) is 0 Å². The number of halogens is 1. The highest BCUT2D eigenvalue weighted by molar-refractivity contribution is 9.10. The molecule has 24 heavy (non-hydrogen) atoms. The third-order valence-corrected chi connectivity index (χ3v) is 4.44. The van der Waals surface area contributed by atoms with Gasteiger partial charge in [-0.1, -0.05) is 13.0 Å². The van der Waals surface area contributed by atoms with Gasteiger partial charge in [-0.3, -0.25) is 5.10 Å². The molecular formula is C16H17BrN3O3S-. The summed E-state index contributed by atoms with van der Waals surface area (Å²) in [5.74, 6) is 0.170. The van der Waals surface area contributed by atoms with Crippen molar-refractivity contribution >= 4 is 39.7 Å². The number of aromatic nitrogens is 3. The molecule has 0 radical (unpaired) electrons. The molecule has 0 unspecified atom stereocenters. The van der Waals surface area contributed by atoms with Crippen LogP contribution >= 0.6 is 27.7 Å². The van der Waals surface area contributed by atoms with Gasteiger partial charge in [0.05, 0.1) is 17.0 Å². The number of H-pyrrole nitrogens is 1. The number of nitrogens with one attached hydrogen (secondary N) is 1. The lowest BCUT2D eigenvalue weighted by molar-refractivity contribution is -0.297. The van der Waals surface area contributed by atoms with Crippen molar-refractivity contribution in [1.29, 1.82) is 0 Å². The van der Waals surface area contributed by atoms with Gasteiger partial charge in [0, 0.05) is 11.3 Å². The highest BCUT2D eigenvalue weighted by Gasteiger charge is 2.09. The van der Waals surface area contributed by atoms with Crippen molar-refractivity contribution in [3.05, 3.63) is 39.0 Å². The molecule has 128 valence electrons. The normalized spacial score (nSPS) is 11.5. The predicted molar refractivity (Wildman–Crippen MR) is 94.5 cm³/mol. The fourth-order valence-corrected chi connectivity index (χ4v) is 3.16. The van der Waals surface area contributed by atoms with Crippen molar-refractivity contribution in [1.82, 2.24) is 15.2 Å². The summed E-state index contributed by atoms with van der Waals surface area (Å²) in [7, 11) is 0. The molecule has 6 nitrogen and oxygen atoms in total. The summed E-state index contributed by atoms with van der Waals surface area (Å²) in [5.41, 5.74) is 0.710. The minimum absolute atomic E-state index is 0.0353. The average Bonchev–Trinajstić information content (AvgIpc) is 2.97. The molecule has 8 heteroatoms. The molecular weight excluding hydrogens is 394 g/mol. The second-order valence-electron chi connectivity index (χ2n) is 4.84. The number of carbonyl (C=O) groups excluding carboxylic acids is 1. The lowest BCUT2D eigenvalue weighted by atomic mass is 10.2. The Kier molecular flexibility index (Phi) is 6.86. The number of carboxylic acids is 1. The Bertz CT molecular complexity index is 746. The van der Waals surface area contributed by atoms with E-state index in [1.165, 1.54) is 6.08 Å². The first kappa shape index (κ1) is 18.5. The summed E-state index contributed by atoms with van der Waals surface area (Å²) in [5, 5.41) is 18.6. The lowest BCUT2D eigenvalue weighted by Gasteiger charge is -2.08. The molecule has 0 aliphatic heterocycles. The summed E-state index contributed by atoms with van der Waals surface area (Å²) in [6.45, 7) is 4.49. The Morgan fingerprint density at radius 3 is 2.88 bits per heavy atom. The molecule has 2 aromatic rings. The van der Waals surface area contributed by atoms with Gasteiger partial charge >= 0.3 is 0 Å². The Labute approximate surface area is 152 Å². The van der Waals surface area contributed by atoms with Crippen LogP contribution in [-0.2, 0) is 11.2 Å². The molecule has 0 saturated carbocycles. The number of carbonyl (C=O) groups is 1. The van der Waals surface area contributed by atoms with E-state index in [4.69, 9.17) is 4.74 Å². The second-order valence-corrected chi connectivity index (χ2v) is 6.70. The van der Waals surface area contributed by atoms with Gasteiger partial charge in [-0.15, -0.1) is 5.10 Å². The third kappa shape index (κ3) is 5.10. The maximum atomic E-state index is 11.4. The van der Waals surface area contributed by atoms with E-state index in [0.29, 0.717) is 23.1 Å². The Hall–Kier alpha value is -1.80. The van der Waals surface area contributed by atoms with Crippen LogP contribution in [0.2, 0.25) is 0 Å². The van der Waals surface area contributed by atoms with E-state index >= 15 is 0 Å². The van der Waals surface area contributed by atoms with Gasteiger partial charge in [0.2, 0.25) is 5.16 Å². The smallest absolute Gasteiger partial charge is 0.213 e. The van der Waals surface area contributed by atoms with Crippen LogP contribution in [0.4, 0.5) is 0 Å². The molecule has 0 aliphatic rings. The standard InChI is InChI=1S/C16H18BrN3O3S/c1-3-5-14-18-16(20-19-14)24-13(15(21)22)9-10-6-7-12(23-4-2)11(17)8-10/h6-9H,3-5H2,1-2H3,(H,21,22)(H,18,19,20)/p-1/b13-9-. The van der Waals surface area contributed by atoms with E-state index in [1.807, 2.05) is 13.8 Å². The number of carboxylic acid groups (broad SMARTS) is 1. The van der Waals surface area contributed by atoms with Crippen molar-refractivity contribution in [3.8, 4) is 5.75 Å². The number of rotatable bonds is 8. The summed E-state index contributed by atoms with van der Waals surface area (Å²) in [4.78, 5) is 15.7. The highest BCUT2D eigenvalue weighted by Crippen LogP contribution is 2.29. The number of aliphatic carboxylic acids is 1. The van der Waals surface area contributed by atoms with Crippen LogP contribution in [0.5, 0.6) is 5.75 Å². The molecule has 1 heterocycles. The first-order valence-electron chi connectivity index (χ1n) is 7.48. The van der Waals surface area contributed by atoms with E-state index in [1.54, 1.807) is 18.2 Å². The number of hydrogen-bond acceptors (Lipinski definition) is 6. The molecule has 0 saturated heterocycles. The van der Waals surface area contributed by atoms with Gasteiger partial charge in [-0.05, 0) is 64.8 Å². The van der Waals surface area contributed by atoms with Crippen LogP contribution in [-0.4, -0.2) is 27.8 Å². The van der Waals surface area contributed by atoms with Crippen LogP contribution in [0.15, 0.2) is 32.7 Å². The number of aryl methyl sites for hydroxylation is 1. The largest absolute Gasteiger partial charge is 0.544 e. The Balaban J connectivity index is 2.21. The topological polar surface area (TPSA) is 90.9 Å². The average molecular weight is 411 g/mol. The SMILES string of the molecule is CCCc1nc(S/C(=C\c2ccc(OCC)c(Br)c2)C(=O)[O-])n[nH]1. The Morgan fingerprint density at radius 2 is 2.25 bits per heavy atom. The zero-order valence-electron chi connectivity index (χ0n) is 13.3. The van der Waals surface area contributed by atoms with Gasteiger partial charge in [-0.25, -0.2) is 4.98 Å². The van der Waals surface area contributed by atoms with Crippen molar-refractivity contribution in [2.45, 2.75) is 31.8 Å². The van der Waals surface area contributed by atoms with Crippen LogP contribution in [0.1, 0.15) is 31.7 Å². The number of nitrogens with zero attached hydrogens (tertiary/aromatic N) is 2. The lowest BCUT2D eigenvalue weighted by Crippen LogP contribution is -2.23. The molecule has 0 atom stereocenters. The number of ether oxygens (including phenoxy) is 1. The molecule has 0 fully saturated rings. The maximum Gasteiger partial charge on any atom is 0.213 e. The van der Waals surface area contributed by atoms with Gasteiger partial charge in [0.25, 0.3) is 0 Å². The molecule has 0 bridgehead atoms. The number of benzene rings is 1. The summed E-state index contributed by atoms with van der Waals surface area (Å²) in [6.07, 6.45) is 3.22. The summed E-state index contributed by atoms with van der Waals surface area (Å²) >= 11 is 4.37. The van der Waals surface area contributed by atoms with Crippen LogP contribution in [0.25, 0.3) is 6.08 Å². The minimum atomic E-state index is -1.27. The van der Waals surface area contributed by atoms with E-state index in [9.17, 15) is 9.90 Å². The van der Waals surface area contributed by atoms with Gasteiger partial charge in [0.15, 0.2) is 0 Å². The van der Waals surface area contributed by atoms with Gasteiger partial charge in [-0.2, -0.15) is 0 Å². The van der Waals surface area contributed by atoms with Crippen molar-refractivity contribution < 1.29 is 14.6 Å². The fraction of sp³-hybridized carbons (Fsp3) is 0.312. The van der Waals surface area contributed by atoms with E-state index in [2.05, 4.69) is 31.1 Å². The number of aromatic amines is 1. The monoisotopic (exact) mass is 410 g/mol. The van der Waals surface area contributed by atoms with Crippen molar-refractivity contribution in [3.63, 3.8) is 0 Å². The van der Waals surface area contributed by atoms with E-state index < -0.39 is 5.97 Å². The van der Waals surface area contributed by atoms with Crippen molar-refractivity contribution in [2.24, 2.45) is 0 Å². The minimum Gasteiger partial charge on any atom is -0.544 e. The molecule has 0 amide bonds. The molecule has 0 spiro atoms. The molecule has 2 rings (SSSR count). The predicted octanol–water partition coefficient (Wildman–Crippen LogP) is 2.80. The molecule has 1 aromatic heterocycles. The fourth-order valence-electron chi connectivity index (χ4n) is 1.93. The zero-order valence-corrected chi connectivity index (χ0v) is 15.7. The quantitative estimate of drug-likeness (QED) is 0.531. The highest BCUT2D eigenvalue weighted by atomic mass is 79.9. The van der Waals surface area contributed by atoms with Crippen LogP contribution in [0.3, 0.4) is 0 Å². The van der Waals surface area contributed by atoms with Crippen molar-refractivity contribution in [2.75, 3.05) is 6.61 Å². The molecule has 1 aromatic carbocycles. The van der Waals surface area contributed by atoms with Gasteiger partial charge in [0.1, 0.15) is 11.6 Å². The zero-order chi connectivity index (χ0) is 17.5. The van der Waals surface area contributed by atoms with Crippen LogP contribution < -0.4 is 9.84 Å². The van der Waals surface area contributed by atoms with E-state index in [0.717, 1.165) is 34.9 Å². The third-order valence-electron chi connectivity index (χ3n) is 2.95.